The first-order chi connectivity index (χ1) is 4.83. The smallest absolute Gasteiger partial charge is 0.0472 e. The number of nitrogens with one attached hydrogen (secondary N) is 1. The van der Waals surface area contributed by atoms with E-state index in [1.807, 2.05) is 6.08 Å². The third kappa shape index (κ3) is 1.93. The highest BCUT2D eigenvalue weighted by Crippen LogP contribution is 2.08. The van der Waals surface area contributed by atoms with E-state index in [4.69, 9.17) is 16.9 Å². The fourth-order valence-corrected chi connectivity index (χ4v) is 0.900. The van der Waals surface area contributed by atoms with Gasteiger partial charge in [-0.1, -0.05) is 0 Å². The molecular weight excluding hydrogens is 152 g/mol. The second kappa shape index (κ2) is 3.49. The molecule has 0 fully saturated rings. The van der Waals surface area contributed by atoms with E-state index in [-0.39, 0.29) is 6.61 Å². The van der Waals surface area contributed by atoms with Crippen molar-refractivity contribution in [3.8, 4) is 0 Å². The molecule has 0 amide bonds. The average Bonchev–Trinajstić information content (AvgIpc) is 1.88. The average molecular weight is 161 g/mol. The van der Waals surface area contributed by atoms with Crippen molar-refractivity contribution in [2.24, 2.45) is 0 Å². The molecular formula is C6H9ClN2O. The van der Waals surface area contributed by atoms with Gasteiger partial charge in [0, 0.05) is 30.8 Å². The monoisotopic (exact) mass is 160 g/mol. The Labute approximate surface area is 64.7 Å². The number of hydrazine groups is 1. The van der Waals surface area contributed by atoms with Gasteiger partial charge in [-0.05, 0) is 18.1 Å². The SMILES string of the molecule is OCCC1=CN(Cl)NC=C1. The molecule has 0 aromatic carbocycles. The van der Waals surface area contributed by atoms with Crippen molar-refractivity contribution in [3.63, 3.8) is 0 Å². The Balaban J connectivity index is 2.49. The number of halogens is 1. The van der Waals surface area contributed by atoms with Crippen LogP contribution in [0, 0.1) is 0 Å². The van der Waals surface area contributed by atoms with Gasteiger partial charge in [-0.15, -0.1) is 0 Å². The van der Waals surface area contributed by atoms with E-state index in [1.165, 1.54) is 4.53 Å². The standard InChI is InChI=1S/C6H9ClN2O/c7-9-5-6(2-4-10)1-3-8-9/h1,3,5,8,10H,2,4H2. The molecule has 0 spiro atoms. The summed E-state index contributed by atoms with van der Waals surface area (Å²) >= 11 is 5.56. The van der Waals surface area contributed by atoms with Crippen LogP contribution in [-0.2, 0) is 0 Å². The van der Waals surface area contributed by atoms with Crippen LogP contribution in [0.25, 0.3) is 0 Å². The topological polar surface area (TPSA) is 35.5 Å². The number of nitrogens with zero attached hydrogens (tertiary/aromatic N) is 1. The maximum absolute atomic E-state index is 8.55. The lowest BCUT2D eigenvalue weighted by Gasteiger charge is -2.15. The number of aliphatic hydroxyl groups is 1. The van der Waals surface area contributed by atoms with Crippen LogP contribution in [0.15, 0.2) is 24.0 Å². The van der Waals surface area contributed by atoms with Gasteiger partial charge < -0.3 is 5.11 Å². The Morgan fingerprint density at radius 2 is 2.50 bits per heavy atom. The number of hydrogen-bond donors (Lipinski definition) is 2. The molecule has 1 heterocycles. The van der Waals surface area contributed by atoms with Crippen LogP contribution in [0.5, 0.6) is 0 Å². The molecule has 0 saturated heterocycles. The third-order valence-corrected chi connectivity index (χ3v) is 1.37. The van der Waals surface area contributed by atoms with Crippen LogP contribution in [0.2, 0.25) is 0 Å². The lowest BCUT2D eigenvalue weighted by Crippen LogP contribution is -2.21. The predicted octanol–water partition coefficient (Wildman–Crippen LogP) is 0.740. The van der Waals surface area contributed by atoms with E-state index in [0.717, 1.165) is 5.57 Å². The quantitative estimate of drug-likeness (QED) is 0.585. The molecule has 0 aromatic heterocycles. The van der Waals surface area contributed by atoms with Gasteiger partial charge >= 0.3 is 0 Å². The number of allylic oxidation sites excluding steroid dienone is 1. The molecule has 2 N–H and O–H groups in total. The number of hydrogen-bond acceptors (Lipinski definition) is 3. The highest BCUT2D eigenvalue weighted by molar-refractivity contribution is 6.13. The van der Waals surface area contributed by atoms with Crippen LogP contribution in [0.1, 0.15) is 6.42 Å². The van der Waals surface area contributed by atoms with Gasteiger partial charge in [-0.25, -0.2) is 4.53 Å². The van der Waals surface area contributed by atoms with Crippen molar-refractivity contribution < 1.29 is 5.11 Å². The van der Waals surface area contributed by atoms with Crippen molar-refractivity contribution in [2.75, 3.05) is 6.61 Å². The normalized spacial score (nSPS) is 16.6. The molecule has 1 aliphatic heterocycles. The fourth-order valence-electron chi connectivity index (χ4n) is 0.718. The maximum Gasteiger partial charge on any atom is 0.0472 e. The summed E-state index contributed by atoms with van der Waals surface area (Å²) < 4.78 is 1.32. The lowest BCUT2D eigenvalue weighted by atomic mass is 10.2. The van der Waals surface area contributed by atoms with Crippen molar-refractivity contribution in [1.29, 1.82) is 0 Å². The van der Waals surface area contributed by atoms with Crippen molar-refractivity contribution in [2.45, 2.75) is 6.42 Å². The van der Waals surface area contributed by atoms with Gasteiger partial charge in [0.1, 0.15) is 0 Å². The Morgan fingerprint density at radius 1 is 1.70 bits per heavy atom. The summed E-state index contributed by atoms with van der Waals surface area (Å²) in [6.45, 7) is 0.154. The third-order valence-electron chi connectivity index (χ3n) is 1.17. The van der Waals surface area contributed by atoms with E-state index < -0.39 is 0 Å². The molecule has 1 rings (SSSR count). The Bertz CT molecular complexity index is 167. The summed E-state index contributed by atoms with van der Waals surface area (Å²) in [6.07, 6.45) is 5.95. The van der Waals surface area contributed by atoms with E-state index >= 15 is 0 Å². The molecule has 0 saturated carbocycles. The zero-order valence-corrected chi connectivity index (χ0v) is 6.17. The van der Waals surface area contributed by atoms with E-state index in [2.05, 4.69) is 5.43 Å². The van der Waals surface area contributed by atoms with E-state index in [9.17, 15) is 0 Å². The minimum absolute atomic E-state index is 0.154. The van der Waals surface area contributed by atoms with Crippen LogP contribution in [0.3, 0.4) is 0 Å². The van der Waals surface area contributed by atoms with Crippen LogP contribution in [-0.4, -0.2) is 16.2 Å². The summed E-state index contributed by atoms with van der Waals surface area (Å²) in [4.78, 5) is 0. The minimum Gasteiger partial charge on any atom is -0.396 e. The molecule has 0 atom stereocenters. The Kier molecular flexibility index (Phi) is 2.59. The Morgan fingerprint density at radius 3 is 3.10 bits per heavy atom. The molecule has 0 aromatic rings. The van der Waals surface area contributed by atoms with Gasteiger partial charge in [-0.3, -0.25) is 5.43 Å². The first kappa shape index (κ1) is 7.44. The fraction of sp³-hybridized carbons (Fsp3) is 0.333. The van der Waals surface area contributed by atoms with Crippen LogP contribution in [0.4, 0.5) is 0 Å². The largest absolute Gasteiger partial charge is 0.396 e. The molecule has 10 heavy (non-hydrogen) atoms. The van der Waals surface area contributed by atoms with E-state index in [0.29, 0.717) is 6.42 Å². The predicted molar refractivity (Wildman–Crippen MR) is 39.8 cm³/mol. The molecule has 4 heteroatoms. The number of aliphatic hydroxyl groups excluding tert-OH is 1. The van der Waals surface area contributed by atoms with Crippen LogP contribution >= 0.6 is 11.8 Å². The van der Waals surface area contributed by atoms with E-state index in [1.54, 1.807) is 12.4 Å². The Hall–Kier alpha value is -0.670. The zero-order chi connectivity index (χ0) is 7.40. The first-order valence-corrected chi connectivity index (χ1v) is 3.36. The molecule has 0 aliphatic carbocycles. The van der Waals surface area contributed by atoms with Crippen molar-refractivity contribution >= 4 is 11.8 Å². The maximum atomic E-state index is 8.55. The summed E-state index contributed by atoms with van der Waals surface area (Å²) in [5.74, 6) is 0. The van der Waals surface area contributed by atoms with Crippen LogP contribution < -0.4 is 5.43 Å². The molecule has 0 radical (unpaired) electrons. The zero-order valence-electron chi connectivity index (χ0n) is 5.42. The van der Waals surface area contributed by atoms with Crippen molar-refractivity contribution in [1.82, 2.24) is 9.95 Å². The molecule has 56 valence electrons. The van der Waals surface area contributed by atoms with Gasteiger partial charge in [0.2, 0.25) is 0 Å². The van der Waals surface area contributed by atoms with Gasteiger partial charge in [-0.2, -0.15) is 0 Å². The van der Waals surface area contributed by atoms with Gasteiger partial charge in [0.15, 0.2) is 0 Å². The second-order valence-corrected chi connectivity index (χ2v) is 2.32. The summed E-state index contributed by atoms with van der Waals surface area (Å²) in [7, 11) is 0. The van der Waals surface area contributed by atoms with Gasteiger partial charge in [0.05, 0.1) is 0 Å². The first-order valence-electron chi connectivity index (χ1n) is 3.02. The molecule has 0 bridgehead atoms. The highest BCUT2D eigenvalue weighted by Gasteiger charge is 1.99. The highest BCUT2D eigenvalue weighted by atomic mass is 35.5. The summed E-state index contributed by atoms with van der Waals surface area (Å²) in [5.41, 5.74) is 3.74. The summed E-state index contributed by atoms with van der Waals surface area (Å²) in [6, 6.07) is 0. The molecule has 0 unspecified atom stereocenters. The minimum atomic E-state index is 0.154. The summed E-state index contributed by atoms with van der Waals surface area (Å²) in [5, 5.41) is 8.55. The second-order valence-electron chi connectivity index (χ2n) is 1.95. The molecule has 3 nitrogen and oxygen atoms in total. The van der Waals surface area contributed by atoms with Gasteiger partial charge in [0.25, 0.3) is 0 Å². The van der Waals surface area contributed by atoms with Crippen molar-refractivity contribution in [3.05, 3.63) is 24.0 Å². The number of rotatable bonds is 2. The lowest BCUT2D eigenvalue weighted by molar-refractivity contribution is 0.299. The molecule has 1 aliphatic rings.